The van der Waals surface area contributed by atoms with E-state index in [2.05, 4.69) is 20.9 Å². The summed E-state index contributed by atoms with van der Waals surface area (Å²) in [5.41, 5.74) is 8.27. The third kappa shape index (κ3) is 2.53. The van der Waals surface area contributed by atoms with Crippen LogP contribution in [0.3, 0.4) is 0 Å². The minimum absolute atomic E-state index is 0.311. The van der Waals surface area contributed by atoms with Crippen LogP contribution in [0.5, 0.6) is 0 Å². The van der Waals surface area contributed by atoms with E-state index in [0.717, 1.165) is 11.3 Å². The van der Waals surface area contributed by atoms with Crippen LogP contribution >= 0.6 is 15.9 Å². The van der Waals surface area contributed by atoms with Crippen LogP contribution in [-0.2, 0) is 0 Å². The number of benzene rings is 1. The summed E-state index contributed by atoms with van der Waals surface area (Å²) in [6.45, 7) is 1.88. The van der Waals surface area contributed by atoms with Crippen LogP contribution in [0, 0.1) is 12.7 Å². The van der Waals surface area contributed by atoms with Crippen molar-refractivity contribution in [3.63, 3.8) is 0 Å². The summed E-state index contributed by atoms with van der Waals surface area (Å²) < 4.78 is 14.3. The highest BCUT2D eigenvalue weighted by Gasteiger charge is 2.15. The molecule has 1 heterocycles. The molecule has 1 aromatic heterocycles. The second kappa shape index (κ2) is 4.94. The zero-order valence-electron chi connectivity index (χ0n) is 9.32. The number of hydrogen-bond acceptors (Lipinski definition) is 2. The molecule has 2 aromatic rings. The molecule has 0 bridgehead atoms. The van der Waals surface area contributed by atoms with E-state index in [-0.39, 0.29) is 5.82 Å². The lowest BCUT2D eigenvalue weighted by Crippen LogP contribution is -2.14. The van der Waals surface area contributed by atoms with E-state index in [0.29, 0.717) is 10.0 Å². The third-order valence-electron chi connectivity index (χ3n) is 2.60. The molecular formula is C13H12BrFN2. The highest BCUT2D eigenvalue weighted by Crippen LogP contribution is 2.26. The maximum absolute atomic E-state index is 13.9. The first-order chi connectivity index (χ1) is 8.09. The van der Waals surface area contributed by atoms with Gasteiger partial charge in [0.2, 0.25) is 0 Å². The van der Waals surface area contributed by atoms with Gasteiger partial charge in [0.25, 0.3) is 0 Å². The van der Waals surface area contributed by atoms with Gasteiger partial charge in [0.1, 0.15) is 5.82 Å². The molecule has 0 fully saturated rings. The molecule has 1 aromatic carbocycles. The van der Waals surface area contributed by atoms with Crippen molar-refractivity contribution in [3.8, 4) is 0 Å². The average molecular weight is 295 g/mol. The molecule has 0 aliphatic heterocycles. The molecular weight excluding hydrogens is 283 g/mol. The molecule has 0 aliphatic carbocycles. The predicted molar refractivity (Wildman–Crippen MR) is 69.1 cm³/mol. The van der Waals surface area contributed by atoms with Gasteiger partial charge in [0, 0.05) is 17.5 Å². The molecule has 0 radical (unpaired) electrons. The first-order valence-electron chi connectivity index (χ1n) is 5.21. The molecule has 17 heavy (non-hydrogen) atoms. The predicted octanol–water partition coefficient (Wildman–Crippen LogP) is 3.34. The Morgan fingerprint density at radius 1 is 1.35 bits per heavy atom. The van der Waals surface area contributed by atoms with Crippen LogP contribution in [0.25, 0.3) is 0 Å². The minimum atomic E-state index is -0.478. The molecule has 0 aliphatic rings. The molecule has 0 saturated heterocycles. The van der Waals surface area contributed by atoms with Crippen molar-refractivity contribution in [1.82, 2.24) is 4.98 Å². The topological polar surface area (TPSA) is 38.9 Å². The van der Waals surface area contributed by atoms with Gasteiger partial charge >= 0.3 is 0 Å². The molecule has 0 saturated carbocycles. The molecule has 2 N–H and O–H groups in total. The van der Waals surface area contributed by atoms with Crippen LogP contribution < -0.4 is 5.73 Å². The Morgan fingerprint density at radius 3 is 2.82 bits per heavy atom. The number of pyridine rings is 1. The van der Waals surface area contributed by atoms with E-state index in [4.69, 9.17) is 5.73 Å². The van der Waals surface area contributed by atoms with E-state index in [1.54, 1.807) is 30.5 Å². The molecule has 0 spiro atoms. The van der Waals surface area contributed by atoms with E-state index >= 15 is 0 Å². The van der Waals surface area contributed by atoms with Gasteiger partial charge in [-0.25, -0.2) is 4.39 Å². The highest BCUT2D eigenvalue weighted by molar-refractivity contribution is 9.10. The Labute approximate surface area is 108 Å². The molecule has 0 amide bonds. The summed E-state index contributed by atoms with van der Waals surface area (Å²) in [5.74, 6) is -0.311. The monoisotopic (exact) mass is 294 g/mol. The maximum Gasteiger partial charge on any atom is 0.142 e. The zero-order valence-corrected chi connectivity index (χ0v) is 10.9. The van der Waals surface area contributed by atoms with E-state index in [9.17, 15) is 4.39 Å². The van der Waals surface area contributed by atoms with Crippen molar-refractivity contribution in [3.05, 3.63) is 63.6 Å². The molecule has 2 rings (SSSR count). The molecule has 1 atom stereocenters. The Hall–Kier alpha value is -1.26. The summed E-state index contributed by atoms with van der Waals surface area (Å²) in [7, 11) is 0. The Kier molecular flexibility index (Phi) is 3.54. The van der Waals surface area contributed by atoms with Crippen molar-refractivity contribution >= 4 is 15.9 Å². The van der Waals surface area contributed by atoms with Crippen molar-refractivity contribution in [1.29, 1.82) is 0 Å². The smallest absolute Gasteiger partial charge is 0.142 e. The van der Waals surface area contributed by atoms with E-state index < -0.39 is 6.04 Å². The second-order valence-electron chi connectivity index (χ2n) is 3.85. The van der Waals surface area contributed by atoms with Gasteiger partial charge in [-0.3, -0.25) is 4.98 Å². The lowest BCUT2D eigenvalue weighted by molar-refractivity contribution is 0.593. The first-order valence-corrected chi connectivity index (χ1v) is 6.01. The summed E-state index contributed by atoms with van der Waals surface area (Å²) in [6, 6.07) is 8.32. The van der Waals surface area contributed by atoms with Gasteiger partial charge in [-0.15, -0.1) is 0 Å². The quantitative estimate of drug-likeness (QED) is 0.923. The number of nitrogens with zero attached hydrogens (tertiary/aromatic N) is 1. The summed E-state index contributed by atoms with van der Waals surface area (Å²) in [4.78, 5) is 4.10. The van der Waals surface area contributed by atoms with Crippen molar-refractivity contribution < 1.29 is 4.39 Å². The van der Waals surface area contributed by atoms with Gasteiger partial charge in [0.15, 0.2) is 0 Å². The van der Waals surface area contributed by atoms with Gasteiger partial charge in [-0.05, 0) is 46.6 Å². The Morgan fingerprint density at radius 2 is 2.12 bits per heavy atom. The molecule has 2 nitrogen and oxygen atoms in total. The van der Waals surface area contributed by atoms with Gasteiger partial charge in [0.05, 0.1) is 10.5 Å². The van der Waals surface area contributed by atoms with Crippen LogP contribution in [0.4, 0.5) is 4.39 Å². The van der Waals surface area contributed by atoms with Gasteiger partial charge in [-0.2, -0.15) is 0 Å². The Balaban J connectivity index is 2.44. The Bertz CT molecular complexity index is 543. The number of nitrogens with two attached hydrogens (primary N) is 1. The standard InChI is InChI=1S/C13H12BrFN2/c1-8-7-9(5-6-17-8)13(16)10-3-2-4-11(14)12(10)15/h2-7,13H,16H2,1H3. The third-order valence-corrected chi connectivity index (χ3v) is 3.21. The lowest BCUT2D eigenvalue weighted by Gasteiger charge is -2.14. The number of rotatable bonds is 2. The van der Waals surface area contributed by atoms with E-state index in [1.165, 1.54) is 0 Å². The average Bonchev–Trinajstić information content (AvgIpc) is 2.32. The fraction of sp³-hybridized carbons (Fsp3) is 0.154. The van der Waals surface area contributed by atoms with Crippen LogP contribution in [0.1, 0.15) is 22.9 Å². The summed E-state index contributed by atoms with van der Waals surface area (Å²) in [6.07, 6.45) is 1.68. The van der Waals surface area contributed by atoms with Crippen LogP contribution in [-0.4, -0.2) is 4.98 Å². The lowest BCUT2D eigenvalue weighted by atomic mass is 9.99. The maximum atomic E-state index is 13.9. The number of aryl methyl sites for hydroxylation is 1. The number of hydrogen-bond donors (Lipinski definition) is 1. The van der Waals surface area contributed by atoms with Crippen LogP contribution in [0.15, 0.2) is 41.0 Å². The molecule has 1 unspecified atom stereocenters. The fourth-order valence-corrected chi connectivity index (χ4v) is 2.08. The van der Waals surface area contributed by atoms with Crippen molar-refractivity contribution in [2.75, 3.05) is 0 Å². The SMILES string of the molecule is Cc1cc(C(N)c2cccc(Br)c2F)ccn1. The van der Waals surface area contributed by atoms with Crippen LogP contribution in [0.2, 0.25) is 0 Å². The summed E-state index contributed by atoms with van der Waals surface area (Å²) in [5, 5.41) is 0. The highest BCUT2D eigenvalue weighted by atomic mass is 79.9. The van der Waals surface area contributed by atoms with E-state index in [1.807, 2.05) is 13.0 Å². The molecule has 4 heteroatoms. The largest absolute Gasteiger partial charge is 0.320 e. The zero-order chi connectivity index (χ0) is 12.4. The summed E-state index contributed by atoms with van der Waals surface area (Å²) >= 11 is 3.16. The van der Waals surface area contributed by atoms with Crippen molar-refractivity contribution in [2.24, 2.45) is 5.73 Å². The second-order valence-corrected chi connectivity index (χ2v) is 4.71. The first kappa shape index (κ1) is 12.2. The van der Waals surface area contributed by atoms with Gasteiger partial charge in [-0.1, -0.05) is 12.1 Å². The minimum Gasteiger partial charge on any atom is -0.320 e. The van der Waals surface area contributed by atoms with Crippen molar-refractivity contribution in [2.45, 2.75) is 13.0 Å². The number of aromatic nitrogens is 1. The number of halogens is 2. The fourth-order valence-electron chi connectivity index (χ4n) is 1.70. The molecule has 88 valence electrons. The normalized spacial score (nSPS) is 12.5. The van der Waals surface area contributed by atoms with Gasteiger partial charge < -0.3 is 5.73 Å².